The molecule has 4 heterocycles. The van der Waals surface area contributed by atoms with Gasteiger partial charge in [0, 0.05) is 42.6 Å². The summed E-state index contributed by atoms with van der Waals surface area (Å²) in [6.07, 6.45) is 4.52. The number of nitrogen functional groups attached to an aromatic ring is 1. The molecule has 2 N–H and O–H groups in total. The summed E-state index contributed by atoms with van der Waals surface area (Å²) in [6, 6.07) is 18.1. The molecule has 0 saturated carbocycles. The number of fused-ring (bicyclic) bond motifs is 2. The van der Waals surface area contributed by atoms with E-state index in [4.69, 9.17) is 10.8 Å². The molecule has 1 amide bonds. The van der Waals surface area contributed by atoms with Crippen molar-refractivity contribution in [3.05, 3.63) is 78.4 Å². The number of carbonyl (C=O) groups excluding carboxylic acids is 2. The van der Waals surface area contributed by atoms with Crippen molar-refractivity contribution in [1.29, 1.82) is 0 Å². The predicted molar refractivity (Wildman–Crippen MR) is 150 cm³/mol. The van der Waals surface area contributed by atoms with Crippen LogP contribution in [0.2, 0.25) is 0 Å². The average molecular weight is 522 g/mol. The minimum absolute atomic E-state index is 0.0394. The minimum Gasteiger partial charge on any atom is -0.382 e. The number of hydrogen-bond acceptors (Lipinski definition) is 6. The summed E-state index contributed by atoms with van der Waals surface area (Å²) in [5.41, 5.74) is 11.0. The van der Waals surface area contributed by atoms with E-state index in [0.29, 0.717) is 49.5 Å². The third-order valence-electron chi connectivity index (χ3n) is 7.38. The second kappa shape index (κ2) is 9.98. The molecule has 0 radical (unpaired) electrons. The van der Waals surface area contributed by atoms with E-state index in [-0.39, 0.29) is 23.5 Å². The number of nitrogens with zero attached hydrogens (tertiary/aromatic N) is 6. The zero-order valence-electron chi connectivity index (χ0n) is 22.1. The Morgan fingerprint density at radius 1 is 1.10 bits per heavy atom. The molecular formula is C30H31N7O2. The highest BCUT2D eigenvalue weighted by Gasteiger charge is 2.34. The maximum atomic E-state index is 13.7. The van der Waals surface area contributed by atoms with Crippen LogP contribution in [-0.4, -0.2) is 54.1 Å². The van der Waals surface area contributed by atoms with E-state index in [2.05, 4.69) is 22.2 Å². The highest BCUT2D eigenvalue weighted by molar-refractivity contribution is 6.03. The summed E-state index contributed by atoms with van der Waals surface area (Å²) in [6.45, 7) is 5.76. The van der Waals surface area contributed by atoms with Crippen molar-refractivity contribution < 1.29 is 9.59 Å². The van der Waals surface area contributed by atoms with Gasteiger partial charge in [0.25, 0.3) is 0 Å². The number of amides is 1. The van der Waals surface area contributed by atoms with Gasteiger partial charge in [-0.25, -0.2) is 9.50 Å². The van der Waals surface area contributed by atoms with E-state index in [9.17, 15) is 9.59 Å². The number of carbonyl (C=O) groups is 2. The Labute approximate surface area is 226 Å². The fourth-order valence-electron chi connectivity index (χ4n) is 5.44. The van der Waals surface area contributed by atoms with E-state index in [1.54, 1.807) is 4.52 Å². The molecule has 198 valence electrons. The lowest BCUT2D eigenvalue weighted by molar-refractivity contribution is -0.130. The first-order valence-electron chi connectivity index (χ1n) is 13.3. The van der Waals surface area contributed by atoms with Crippen LogP contribution >= 0.6 is 0 Å². The third kappa shape index (κ3) is 4.76. The number of Topliss-reactive ketones (excluding diaryl/α,β-unsaturated/α-hetero) is 1. The molecule has 1 unspecified atom stereocenters. The van der Waals surface area contributed by atoms with Crippen LogP contribution in [0.15, 0.2) is 67.1 Å². The zero-order valence-corrected chi connectivity index (χ0v) is 22.1. The molecule has 1 atom stereocenters. The van der Waals surface area contributed by atoms with Gasteiger partial charge in [0.05, 0.1) is 12.1 Å². The Morgan fingerprint density at radius 3 is 2.72 bits per heavy atom. The van der Waals surface area contributed by atoms with Gasteiger partial charge in [0.1, 0.15) is 17.5 Å². The average Bonchev–Trinajstić information content (AvgIpc) is 3.65. The fourth-order valence-corrected chi connectivity index (χ4v) is 5.44. The van der Waals surface area contributed by atoms with Crippen molar-refractivity contribution in [1.82, 2.24) is 29.3 Å². The van der Waals surface area contributed by atoms with Gasteiger partial charge >= 0.3 is 0 Å². The van der Waals surface area contributed by atoms with Crippen LogP contribution < -0.4 is 5.73 Å². The van der Waals surface area contributed by atoms with E-state index in [0.717, 1.165) is 22.0 Å². The summed E-state index contributed by atoms with van der Waals surface area (Å²) in [5, 5.41) is 10.2. The van der Waals surface area contributed by atoms with Crippen molar-refractivity contribution in [3.63, 3.8) is 0 Å². The Morgan fingerprint density at radius 2 is 1.92 bits per heavy atom. The molecule has 2 aromatic carbocycles. The molecule has 1 aliphatic rings. The van der Waals surface area contributed by atoms with Crippen LogP contribution in [0, 0.1) is 11.8 Å². The van der Waals surface area contributed by atoms with Gasteiger partial charge in [-0.05, 0) is 35.6 Å². The monoisotopic (exact) mass is 521 g/mol. The number of rotatable bonds is 7. The quantitative estimate of drug-likeness (QED) is 0.317. The van der Waals surface area contributed by atoms with Crippen molar-refractivity contribution in [3.8, 4) is 11.1 Å². The minimum atomic E-state index is -0.278. The molecule has 1 fully saturated rings. The molecule has 0 aliphatic carbocycles. The molecular weight excluding hydrogens is 490 g/mol. The molecule has 1 saturated heterocycles. The molecule has 0 bridgehead atoms. The predicted octanol–water partition coefficient (Wildman–Crippen LogP) is 4.45. The molecule has 0 spiro atoms. The van der Waals surface area contributed by atoms with Gasteiger partial charge in [0.15, 0.2) is 11.6 Å². The van der Waals surface area contributed by atoms with Gasteiger partial charge < -0.3 is 10.6 Å². The standard InChI is InChI=1S/C30H31N7O2/c1-19(2)12-27(38)35-11-10-23(16-35)29(39)26-14-24(28-30(31)32-18-33-37(26)28)21-8-9-22-17-36(34-25(22)13-21)15-20-6-4-3-5-7-20/h3-9,13-14,17-19,23H,10-12,15-16H2,1-2H3,(H2,31,32,33). The molecule has 1 aliphatic heterocycles. The number of benzene rings is 2. The number of aromatic nitrogens is 5. The smallest absolute Gasteiger partial charge is 0.222 e. The van der Waals surface area contributed by atoms with Crippen LogP contribution in [-0.2, 0) is 11.3 Å². The lowest BCUT2D eigenvalue weighted by Crippen LogP contribution is -2.30. The SMILES string of the molecule is CC(C)CC(=O)N1CCC(C(=O)c2cc(-c3ccc4cn(Cc5ccccc5)nc4c3)c3c(N)ncnn23)C1. The maximum absolute atomic E-state index is 13.7. The van der Waals surface area contributed by atoms with Crippen molar-refractivity contribution in [2.75, 3.05) is 18.8 Å². The second-order valence-electron chi connectivity index (χ2n) is 10.7. The van der Waals surface area contributed by atoms with Crippen LogP contribution in [0.5, 0.6) is 0 Å². The van der Waals surface area contributed by atoms with Crippen molar-refractivity contribution in [2.24, 2.45) is 11.8 Å². The van der Waals surface area contributed by atoms with Gasteiger partial charge in [0.2, 0.25) is 5.91 Å². The number of ketones is 1. The van der Waals surface area contributed by atoms with Gasteiger partial charge in [-0.15, -0.1) is 0 Å². The number of hydrogen-bond donors (Lipinski definition) is 1. The van der Waals surface area contributed by atoms with Crippen molar-refractivity contribution in [2.45, 2.75) is 33.2 Å². The van der Waals surface area contributed by atoms with Crippen LogP contribution in [0.25, 0.3) is 27.5 Å². The Bertz CT molecular complexity index is 1690. The molecule has 9 nitrogen and oxygen atoms in total. The van der Waals surface area contributed by atoms with Crippen LogP contribution in [0.3, 0.4) is 0 Å². The summed E-state index contributed by atoms with van der Waals surface area (Å²) >= 11 is 0. The van der Waals surface area contributed by atoms with Gasteiger partial charge in [-0.2, -0.15) is 10.2 Å². The van der Waals surface area contributed by atoms with E-state index in [1.165, 1.54) is 11.9 Å². The molecule has 5 aromatic rings. The maximum Gasteiger partial charge on any atom is 0.222 e. The van der Waals surface area contributed by atoms with Gasteiger partial charge in [-0.1, -0.05) is 56.3 Å². The Balaban J connectivity index is 1.33. The van der Waals surface area contributed by atoms with E-state index in [1.807, 2.05) is 72.1 Å². The largest absolute Gasteiger partial charge is 0.382 e. The molecule has 39 heavy (non-hydrogen) atoms. The number of likely N-dealkylation sites (tertiary alicyclic amines) is 1. The summed E-state index contributed by atoms with van der Waals surface area (Å²) in [7, 11) is 0. The topological polar surface area (TPSA) is 111 Å². The molecule has 9 heteroatoms. The first-order valence-corrected chi connectivity index (χ1v) is 13.3. The van der Waals surface area contributed by atoms with E-state index >= 15 is 0 Å². The van der Waals surface area contributed by atoms with Gasteiger partial charge in [-0.3, -0.25) is 14.3 Å². The Kier molecular flexibility index (Phi) is 6.34. The fraction of sp³-hybridized carbons (Fsp3) is 0.300. The summed E-state index contributed by atoms with van der Waals surface area (Å²) in [4.78, 5) is 32.3. The Hall–Kier alpha value is -4.53. The molecule has 6 rings (SSSR count). The summed E-state index contributed by atoms with van der Waals surface area (Å²) < 4.78 is 3.53. The van der Waals surface area contributed by atoms with Crippen LogP contribution in [0.4, 0.5) is 5.82 Å². The normalized spacial score (nSPS) is 15.6. The highest BCUT2D eigenvalue weighted by Crippen LogP contribution is 2.34. The van der Waals surface area contributed by atoms with Crippen LogP contribution in [0.1, 0.15) is 42.7 Å². The zero-order chi connectivity index (χ0) is 27.1. The number of nitrogens with two attached hydrogens (primary N) is 1. The number of anilines is 1. The van der Waals surface area contributed by atoms with E-state index < -0.39 is 0 Å². The lowest BCUT2D eigenvalue weighted by Gasteiger charge is -2.17. The first-order chi connectivity index (χ1) is 18.9. The summed E-state index contributed by atoms with van der Waals surface area (Å²) in [5.74, 6) is 0.370. The first kappa shape index (κ1) is 24.8. The second-order valence-corrected chi connectivity index (χ2v) is 10.7. The molecule has 3 aromatic heterocycles. The third-order valence-corrected chi connectivity index (χ3v) is 7.38. The highest BCUT2D eigenvalue weighted by atomic mass is 16.2. The van der Waals surface area contributed by atoms with Crippen molar-refractivity contribution >= 4 is 33.9 Å². The lowest BCUT2D eigenvalue weighted by atomic mass is 9.99.